The minimum absolute atomic E-state index is 0.0484. The average molecular weight is 885 g/mol. The Bertz CT molecular complexity index is 1610. The van der Waals surface area contributed by atoms with Gasteiger partial charge in [-0.3, -0.25) is 0 Å². The van der Waals surface area contributed by atoms with Crippen molar-refractivity contribution in [3.63, 3.8) is 0 Å². The van der Waals surface area contributed by atoms with Gasteiger partial charge >= 0.3 is 0 Å². The van der Waals surface area contributed by atoms with E-state index in [0.717, 1.165) is 51.6 Å². The topological polar surface area (TPSA) is 256 Å². The van der Waals surface area contributed by atoms with Crippen LogP contribution in [0.25, 0.3) is 0 Å². The molecule has 1 spiro atoms. The van der Waals surface area contributed by atoms with Gasteiger partial charge in [-0.25, -0.2) is 0 Å². The number of hydrogen-bond acceptors (Lipinski definition) is 17. The molecule has 0 radical (unpaired) electrons. The number of aliphatic hydroxyl groups is 9. The van der Waals surface area contributed by atoms with Gasteiger partial charge in [0, 0.05) is 12.3 Å². The Morgan fingerprint density at radius 1 is 0.677 bits per heavy atom. The molecule has 0 aromatic rings. The summed E-state index contributed by atoms with van der Waals surface area (Å²) in [5, 5.41) is 95.8. The largest absolute Gasteiger partial charge is 0.394 e. The lowest BCUT2D eigenvalue weighted by Gasteiger charge is -2.59. The van der Waals surface area contributed by atoms with Crippen LogP contribution in [0.5, 0.6) is 0 Å². The molecule has 9 rings (SSSR count). The fourth-order valence-corrected chi connectivity index (χ4v) is 14.0. The molecular formula is C45H72O17. The van der Waals surface area contributed by atoms with Crippen molar-refractivity contribution in [3.05, 3.63) is 11.6 Å². The number of allylic oxidation sites excluding steroid dienone is 1. The first-order valence-corrected chi connectivity index (χ1v) is 23.4. The maximum atomic E-state index is 11.6. The number of fused-ring (bicyclic) bond motifs is 7. The van der Waals surface area contributed by atoms with Crippen LogP contribution in [0, 0.1) is 46.3 Å². The lowest BCUT2D eigenvalue weighted by molar-refractivity contribution is -0.394. The van der Waals surface area contributed by atoms with E-state index < -0.39 is 117 Å². The Morgan fingerprint density at radius 2 is 1.34 bits per heavy atom. The van der Waals surface area contributed by atoms with Gasteiger partial charge in [-0.1, -0.05) is 39.3 Å². The molecule has 0 amide bonds. The first-order valence-electron chi connectivity index (χ1n) is 23.4. The van der Waals surface area contributed by atoms with Crippen LogP contribution >= 0.6 is 0 Å². The fraction of sp³-hybridized carbons (Fsp3) is 0.956. The van der Waals surface area contributed by atoms with Crippen LogP contribution in [0.3, 0.4) is 0 Å². The van der Waals surface area contributed by atoms with Gasteiger partial charge in [-0.15, -0.1) is 0 Å². The molecular weight excluding hydrogens is 812 g/mol. The Balaban J connectivity index is 0.940. The summed E-state index contributed by atoms with van der Waals surface area (Å²) in [7, 11) is 0. The molecule has 62 heavy (non-hydrogen) atoms. The zero-order valence-electron chi connectivity index (χ0n) is 36.6. The highest BCUT2D eigenvalue weighted by atomic mass is 16.8. The summed E-state index contributed by atoms with van der Waals surface area (Å²) in [6.45, 7) is 10.4. The molecule has 9 aliphatic rings. The molecule has 0 aromatic carbocycles. The van der Waals surface area contributed by atoms with E-state index >= 15 is 0 Å². The molecule has 17 heteroatoms. The lowest BCUT2D eigenvalue weighted by atomic mass is 9.47. The summed E-state index contributed by atoms with van der Waals surface area (Å²) in [5.74, 6) is 2.52. The van der Waals surface area contributed by atoms with E-state index in [1.807, 2.05) is 0 Å². The van der Waals surface area contributed by atoms with Crippen LogP contribution in [-0.4, -0.2) is 176 Å². The Morgan fingerprint density at radius 3 is 2.03 bits per heavy atom. The quantitative estimate of drug-likeness (QED) is 0.148. The van der Waals surface area contributed by atoms with Gasteiger partial charge in [0.15, 0.2) is 24.7 Å². The zero-order chi connectivity index (χ0) is 44.2. The van der Waals surface area contributed by atoms with Crippen molar-refractivity contribution in [3.8, 4) is 0 Å². The summed E-state index contributed by atoms with van der Waals surface area (Å²) >= 11 is 0. The first kappa shape index (κ1) is 46.2. The Hall–Kier alpha value is -0.940. The normalized spacial score (nSPS) is 57.6. The van der Waals surface area contributed by atoms with E-state index in [9.17, 15) is 46.0 Å². The number of rotatable bonds is 8. The van der Waals surface area contributed by atoms with Crippen molar-refractivity contribution >= 4 is 0 Å². The minimum atomic E-state index is -1.84. The summed E-state index contributed by atoms with van der Waals surface area (Å²) in [6.07, 6.45) is -12.4. The molecule has 3 saturated carbocycles. The van der Waals surface area contributed by atoms with Crippen LogP contribution in [0.4, 0.5) is 0 Å². The van der Waals surface area contributed by atoms with E-state index in [2.05, 4.69) is 33.8 Å². The monoisotopic (exact) mass is 884 g/mol. The molecule has 4 aliphatic carbocycles. The first-order chi connectivity index (χ1) is 29.4. The number of aliphatic hydroxyl groups excluding tert-OH is 9. The van der Waals surface area contributed by atoms with Crippen LogP contribution in [-0.2, 0) is 37.9 Å². The maximum Gasteiger partial charge on any atom is 0.187 e. The van der Waals surface area contributed by atoms with E-state index in [-0.39, 0.29) is 16.9 Å². The minimum Gasteiger partial charge on any atom is -0.394 e. The van der Waals surface area contributed by atoms with Crippen LogP contribution in [0.15, 0.2) is 11.6 Å². The molecule has 0 aromatic heterocycles. The van der Waals surface area contributed by atoms with Gasteiger partial charge in [0.2, 0.25) is 0 Å². The second kappa shape index (κ2) is 17.3. The van der Waals surface area contributed by atoms with Crippen LogP contribution in [0.1, 0.15) is 92.4 Å². The molecule has 17 nitrogen and oxygen atoms in total. The third-order valence-electron chi connectivity index (χ3n) is 17.7. The molecule has 5 heterocycles. The molecule has 26 atom stereocenters. The van der Waals surface area contributed by atoms with Gasteiger partial charge in [0.25, 0.3) is 0 Å². The van der Waals surface area contributed by atoms with E-state index in [4.69, 9.17) is 37.9 Å². The van der Waals surface area contributed by atoms with E-state index in [0.29, 0.717) is 48.3 Å². The van der Waals surface area contributed by atoms with Crippen molar-refractivity contribution in [2.24, 2.45) is 46.3 Å². The van der Waals surface area contributed by atoms with E-state index in [1.165, 1.54) is 12.5 Å². The van der Waals surface area contributed by atoms with Crippen LogP contribution < -0.4 is 0 Å². The highest BCUT2D eigenvalue weighted by Crippen LogP contribution is 2.70. The Labute approximate surface area is 363 Å². The van der Waals surface area contributed by atoms with Crippen molar-refractivity contribution < 1.29 is 83.9 Å². The number of ether oxygens (including phenoxy) is 8. The third kappa shape index (κ3) is 7.49. The lowest BCUT2D eigenvalue weighted by Crippen LogP contribution is -2.67. The van der Waals surface area contributed by atoms with Gasteiger partial charge in [-0.05, 0) is 98.7 Å². The summed E-state index contributed by atoms with van der Waals surface area (Å²) in [4.78, 5) is 0. The van der Waals surface area contributed by atoms with Gasteiger partial charge in [0.05, 0.1) is 38.1 Å². The molecule has 5 saturated heterocycles. The predicted molar refractivity (Wildman–Crippen MR) is 214 cm³/mol. The third-order valence-corrected chi connectivity index (χ3v) is 17.7. The molecule has 6 unspecified atom stereocenters. The highest BCUT2D eigenvalue weighted by Gasteiger charge is 2.69. The SMILES string of the molecule is CC1C2C(CC3[C@@H]4CC=C5C[C@@H](O[C@@H]6O[C@H](CO)[C@@H](O)[C@@H](O[C@@H]7O[C@H](CO)[C@@H](O)[C@@H](O)[C@H]7O)[C@H]6O[C@@H]6O[C@H](C)[C@@H](O)[C@@H](O)[C@H]6O)CC[C@]5(C)C4CC[C@]23C)OC12CC[C@H](C)CO2. The smallest absolute Gasteiger partial charge is 0.187 e. The van der Waals surface area contributed by atoms with Crippen molar-refractivity contribution in [2.45, 2.75) is 203 Å². The summed E-state index contributed by atoms with van der Waals surface area (Å²) < 4.78 is 50.3. The number of hydrogen-bond donors (Lipinski definition) is 9. The van der Waals surface area contributed by atoms with Gasteiger partial charge in [0.1, 0.15) is 67.1 Å². The van der Waals surface area contributed by atoms with Gasteiger partial charge in [-0.2, -0.15) is 0 Å². The zero-order valence-corrected chi connectivity index (χ0v) is 36.6. The Kier molecular flexibility index (Phi) is 12.9. The molecule has 9 N–H and O–H groups in total. The average Bonchev–Trinajstić information content (AvgIpc) is 3.70. The second-order valence-electron chi connectivity index (χ2n) is 21.1. The molecule has 0 bridgehead atoms. The fourth-order valence-electron chi connectivity index (χ4n) is 14.0. The van der Waals surface area contributed by atoms with E-state index in [1.54, 1.807) is 0 Å². The van der Waals surface area contributed by atoms with Gasteiger partial charge < -0.3 is 83.9 Å². The van der Waals surface area contributed by atoms with Crippen molar-refractivity contribution in [1.29, 1.82) is 0 Å². The van der Waals surface area contributed by atoms with Crippen molar-refractivity contribution in [1.82, 2.24) is 0 Å². The summed E-state index contributed by atoms with van der Waals surface area (Å²) in [6, 6.07) is 0. The summed E-state index contributed by atoms with van der Waals surface area (Å²) in [5.41, 5.74) is 1.45. The van der Waals surface area contributed by atoms with Crippen LogP contribution in [0.2, 0.25) is 0 Å². The highest BCUT2D eigenvalue weighted by molar-refractivity contribution is 5.26. The predicted octanol–water partition coefficient (Wildman–Crippen LogP) is 0.214. The molecule has 354 valence electrons. The second-order valence-corrected chi connectivity index (χ2v) is 21.1. The maximum absolute atomic E-state index is 11.6. The molecule has 5 aliphatic heterocycles. The molecule has 8 fully saturated rings. The standard InChI is InChI=1S/C45H72O17/c1-19-8-13-45(55-18-19)20(2)30-27(62-45)15-26-24-7-6-22-14-23(9-11-43(22,4)25(24)10-12-44(26,30)5)57-42-39(61-40-36(53)34(51)31(48)21(3)56-40)38(33(50)29(17-47)59-42)60-41-37(54)35(52)32(49)28(16-46)58-41/h6,19-21,23-42,46-54H,7-18H2,1-5H3/t19-,20?,21+,23-,24+,25?,26?,27?,28+,29+,30?,31+,32+,33+,34+,35+,36+,37+,38+,39+,40-,41-,42+,43-,44-,45?/m0/s1. The van der Waals surface area contributed by atoms with Crippen molar-refractivity contribution in [2.75, 3.05) is 19.8 Å².